The third-order valence-corrected chi connectivity index (χ3v) is 4.96. The van der Waals surface area contributed by atoms with Gasteiger partial charge < -0.3 is 20.9 Å². The number of thiazole rings is 1. The first kappa shape index (κ1) is 14.3. The summed E-state index contributed by atoms with van der Waals surface area (Å²) < 4.78 is 0. The summed E-state index contributed by atoms with van der Waals surface area (Å²) in [6, 6.07) is 0. The summed E-state index contributed by atoms with van der Waals surface area (Å²) in [7, 11) is 0. The molecule has 0 radical (unpaired) electrons. The van der Waals surface area contributed by atoms with E-state index in [4.69, 9.17) is 5.73 Å². The number of anilines is 2. The van der Waals surface area contributed by atoms with Crippen molar-refractivity contribution in [3.63, 3.8) is 0 Å². The molecule has 6 nitrogen and oxygen atoms in total. The number of hydrogen-bond acceptors (Lipinski definition) is 6. The molecule has 0 aromatic carbocycles. The highest BCUT2D eigenvalue weighted by Crippen LogP contribution is 2.30. The predicted octanol–water partition coefficient (Wildman–Crippen LogP) is 0.927. The normalized spacial score (nSPS) is 19.6. The summed E-state index contributed by atoms with van der Waals surface area (Å²) in [6.45, 7) is 7.22. The predicted molar refractivity (Wildman–Crippen MR) is 85.9 cm³/mol. The molecule has 0 atom stereocenters. The Morgan fingerprint density at radius 3 is 2.86 bits per heavy atom. The number of nitrogens with one attached hydrogen (secondary N) is 1. The van der Waals surface area contributed by atoms with Gasteiger partial charge in [0, 0.05) is 39.3 Å². The average Bonchev–Trinajstić information content (AvgIpc) is 2.89. The number of carbonyl (C=O) groups is 1. The van der Waals surface area contributed by atoms with Gasteiger partial charge >= 0.3 is 0 Å². The summed E-state index contributed by atoms with van der Waals surface area (Å²) >= 11 is 1.42. The van der Waals surface area contributed by atoms with Crippen LogP contribution in [0.4, 0.5) is 10.9 Å². The Morgan fingerprint density at radius 1 is 1.38 bits per heavy atom. The topological polar surface area (TPSA) is 74.5 Å². The molecule has 1 amide bonds. The zero-order valence-electron chi connectivity index (χ0n) is 12.3. The summed E-state index contributed by atoms with van der Waals surface area (Å²) in [5.74, 6) is 0.379. The van der Waals surface area contributed by atoms with E-state index < -0.39 is 0 Å². The Morgan fingerprint density at radius 2 is 2.14 bits per heavy atom. The van der Waals surface area contributed by atoms with Crippen molar-refractivity contribution in [1.82, 2.24) is 15.2 Å². The Hall–Kier alpha value is -1.60. The van der Waals surface area contributed by atoms with E-state index in [1.807, 2.05) is 4.90 Å². The van der Waals surface area contributed by atoms with E-state index in [-0.39, 0.29) is 5.91 Å². The van der Waals surface area contributed by atoms with E-state index in [0.717, 1.165) is 44.3 Å². The monoisotopic (exact) mass is 307 g/mol. The minimum Gasteiger partial charge on any atom is -0.382 e. The first-order valence-corrected chi connectivity index (χ1v) is 8.13. The van der Waals surface area contributed by atoms with E-state index in [0.29, 0.717) is 17.2 Å². The van der Waals surface area contributed by atoms with Crippen LogP contribution in [0, 0.1) is 0 Å². The highest BCUT2D eigenvalue weighted by molar-refractivity contribution is 7.18. The average molecular weight is 307 g/mol. The third-order valence-electron chi connectivity index (χ3n) is 3.84. The first-order valence-electron chi connectivity index (χ1n) is 7.32. The van der Waals surface area contributed by atoms with Crippen LogP contribution in [0.5, 0.6) is 0 Å². The molecule has 1 aromatic heterocycles. The van der Waals surface area contributed by atoms with E-state index >= 15 is 0 Å². The third kappa shape index (κ3) is 3.03. The number of rotatable bonds is 2. The number of amides is 1. The molecular formula is C14H21N5OS. The number of hydrogen-bond donors (Lipinski definition) is 2. The quantitative estimate of drug-likeness (QED) is 0.795. The van der Waals surface area contributed by atoms with Crippen LogP contribution in [-0.4, -0.2) is 55.1 Å². The van der Waals surface area contributed by atoms with Gasteiger partial charge in [0.2, 0.25) is 0 Å². The van der Waals surface area contributed by atoms with Gasteiger partial charge in [-0.15, -0.1) is 0 Å². The standard InChI is InChI=1S/C14H21N5OS/c1-10-3-2-6-19(9-10)13(20)11-12(15)17-14(21-11)18-7-4-16-5-8-18/h3,16H,2,4-9,15H2,1H3. The first-order chi connectivity index (χ1) is 10.1. The van der Waals surface area contributed by atoms with Crippen molar-refractivity contribution in [2.45, 2.75) is 13.3 Å². The molecule has 0 spiro atoms. The second-order valence-electron chi connectivity index (χ2n) is 5.51. The van der Waals surface area contributed by atoms with Gasteiger partial charge in [0.25, 0.3) is 5.91 Å². The lowest BCUT2D eigenvalue weighted by Gasteiger charge is -2.27. The molecule has 1 aromatic rings. The van der Waals surface area contributed by atoms with Crippen molar-refractivity contribution in [1.29, 1.82) is 0 Å². The fourth-order valence-electron chi connectivity index (χ4n) is 2.69. The Kier molecular flexibility index (Phi) is 4.12. The highest BCUT2D eigenvalue weighted by atomic mass is 32.1. The van der Waals surface area contributed by atoms with Gasteiger partial charge in [0.05, 0.1) is 0 Å². The highest BCUT2D eigenvalue weighted by Gasteiger charge is 2.25. The molecule has 114 valence electrons. The number of nitrogens with zero attached hydrogens (tertiary/aromatic N) is 3. The second-order valence-corrected chi connectivity index (χ2v) is 6.49. The molecule has 0 bridgehead atoms. The maximum atomic E-state index is 12.6. The van der Waals surface area contributed by atoms with Crippen molar-refractivity contribution >= 4 is 28.2 Å². The lowest BCUT2D eigenvalue weighted by Crippen LogP contribution is -2.43. The van der Waals surface area contributed by atoms with Crippen molar-refractivity contribution in [2.24, 2.45) is 0 Å². The minimum atomic E-state index is 0.0128. The maximum absolute atomic E-state index is 12.6. The van der Waals surface area contributed by atoms with Gasteiger partial charge in [-0.1, -0.05) is 23.0 Å². The molecule has 3 rings (SSSR count). The van der Waals surface area contributed by atoms with Crippen molar-refractivity contribution in [3.05, 3.63) is 16.5 Å². The van der Waals surface area contributed by atoms with Crippen LogP contribution in [0.15, 0.2) is 11.6 Å². The molecule has 0 saturated carbocycles. The fourth-order valence-corrected chi connectivity index (χ4v) is 3.70. The van der Waals surface area contributed by atoms with Gasteiger partial charge in [-0.3, -0.25) is 4.79 Å². The van der Waals surface area contributed by atoms with Crippen LogP contribution in [0.2, 0.25) is 0 Å². The maximum Gasteiger partial charge on any atom is 0.268 e. The van der Waals surface area contributed by atoms with Gasteiger partial charge in [0.1, 0.15) is 10.7 Å². The molecule has 1 fully saturated rings. The van der Waals surface area contributed by atoms with E-state index in [2.05, 4.69) is 28.2 Å². The SMILES string of the molecule is CC1=CCCN(C(=O)c2sc(N3CCNCC3)nc2N)C1. The summed E-state index contributed by atoms with van der Waals surface area (Å²) in [5, 5.41) is 4.17. The number of piperazine rings is 1. The van der Waals surface area contributed by atoms with Crippen molar-refractivity contribution in [3.8, 4) is 0 Å². The number of nitrogens with two attached hydrogens (primary N) is 1. The zero-order chi connectivity index (χ0) is 14.8. The molecule has 3 N–H and O–H groups in total. The van der Waals surface area contributed by atoms with Crippen LogP contribution < -0.4 is 16.0 Å². The van der Waals surface area contributed by atoms with Crippen molar-refractivity contribution < 1.29 is 4.79 Å². The van der Waals surface area contributed by atoms with Gasteiger partial charge in [0.15, 0.2) is 5.13 Å². The van der Waals surface area contributed by atoms with Gasteiger partial charge in [-0.05, 0) is 13.3 Å². The lowest BCUT2D eigenvalue weighted by molar-refractivity contribution is 0.0771. The minimum absolute atomic E-state index is 0.0128. The van der Waals surface area contributed by atoms with Crippen LogP contribution >= 0.6 is 11.3 Å². The smallest absolute Gasteiger partial charge is 0.268 e. The van der Waals surface area contributed by atoms with Crippen LogP contribution in [0.1, 0.15) is 23.0 Å². The van der Waals surface area contributed by atoms with Crippen LogP contribution in [0.3, 0.4) is 0 Å². The molecule has 3 heterocycles. The fraction of sp³-hybridized carbons (Fsp3) is 0.571. The Labute approximate surface area is 128 Å². The summed E-state index contributed by atoms with van der Waals surface area (Å²) in [5.41, 5.74) is 7.22. The van der Waals surface area contributed by atoms with Gasteiger partial charge in [-0.25, -0.2) is 4.98 Å². The van der Waals surface area contributed by atoms with Crippen molar-refractivity contribution in [2.75, 3.05) is 49.9 Å². The van der Waals surface area contributed by atoms with E-state index in [1.165, 1.54) is 16.9 Å². The molecule has 2 aliphatic rings. The second kappa shape index (κ2) is 6.03. The Bertz CT molecular complexity index is 562. The summed E-state index contributed by atoms with van der Waals surface area (Å²) in [4.78, 5) is 21.7. The molecule has 1 saturated heterocycles. The van der Waals surface area contributed by atoms with E-state index in [9.17, 15) is 4.79 Å². The molecule has 7 heteroatoms. The number of aromatic nitrogens is 1. The summed E-state index contributed by atoms with van der Waals surface area (Å²) in [6.07, 6.45) is 3.10. The zero-order valence-corrected chi connectivity index (χ0v) is 13.1. The lowest BCUT2D eigenvalue weighted by atomic mass is 10.1. The molecule has 0 aliphatic carbocycles. The molecule has 2 aliphatic heterocycles. The Balaban J connectivity index is 1.77. The van der Waals surface area contributed by atoms with Crippen LogP contribution in [-0.2, 0) is 0 Å². The number of nitrogen functional groups attached to an aromatic ring is 1. The molecular weight excluding hydrogens is 286 g/mol. The van der Waals surface area contributed by atoms with E-state index in [1.54, 1.807) is 0 Å². The molecule has 21 heavy (non-hydrogen) atoms. The number of carbonyl (C=O) groups excluding carboxylic acids is 1. The largest absolute Gasteiger partial charge is 0.382 e. The van der Waals surface area contributed by atoms with Crippen LogP contribution in [0.25, 0.3) is 0 Å². The van der Waals surface area contributed by atoms with Gasteiger partial charge in [-0.2, -0.15) is 0 Å². The molecule has 0 unspecified atom stereocenters.